The van der Waals surface area contributed by atoms with Crippen molar-refractivity contribution in [2.75, 3.05) is 6.79 Å². The van der Waals surface area contributed by atoms with Gasteiger partial charge in [-0.25, -0.2) is 0 Å². The number of aromatic nitrogens is 3. The van der Waals surface area contributed by atoms with Crippen LogP contribution in [-0.2, 0) is 12.3 Å². The number of benzene rings is 2. The summed E-state index contributed by atoms with van der Waals surface area (Å²) in [4.78, 5) is 0. The van der Waals surface area contributed by atoms with Crippen LogP contribution < -0.4 is 9.47 Å². The van der Waals surface area contributed by atoms with Crippen molar-refractivity contribution in [3.8, 4) is 22.9 Å². The van der Waals surface area contributed by atoms with Crippen molar-refractivity contribution in [3.05, 3.63) is 51.5 Å². The fraction of sp³-hybridized carbons (Fsp3) is 0.300. The van der Waals surface area contributed by atoms with E-state index in [1.54, 1.807) is 17.8 Å². The standard InChI is InChI=1S/C18H15BrClN3O2S.C2H6/c1-2-23-17(12-5-3-4-6-13(12)19)21-22-18(23)26-9-11-7-15-16(8-14(11)20)25-10-24-15;1-2/h3-8H,2,9-10H2,1H3;1-2H3. The number of nitrogens with zero attached hydrogens (tertiary/aromatic N) is 3. The first kappa shape index (κ1) is 21.0. The largest absolute Gasteiger partial charge is 0.454 e. The maximum absolute atomic E-state index is 6.37. The van der Waals surface area contributed by atoms with Crippen molar-refractivity contribution in [1.82, 2.24) is 14.8 Å². The normalized spacial score (nSPS) is 11.9. The fourth-order valence-electron chi connectivity index (χ4n) is 2.73. The Kier molecular flexibility index (Phi) is 7.26. The Balaban J connectivity index is 0.00000109. The molecule has 0 amide bonds. The Morgan fingerprint density at radius 1 is 1.14 bits per heavy atom. The predicted octanol–water partition coefficient (Wildman–Crippen LogP) is 6.43. The molecular weight excluding hydrogens is 462 g/mol. The average molecular weight is 483 g/mol. The number of hydrogen-bond acceptors (Lipinski definition) is 5. The fourth-order valence-corrected chi connectivity index (χ4v) is 4.49. The van der Waals surface area contributed by atoms with Gasteiger partial charge in [-0.1, -0.05) is 71.3 Å². The van der Waals surface area contributed by atoms with E-state index in [4.69, 9.17) is 21.1 Å². The van der Waals surface area contributed by atoms with E-state index < -0.39 is 0 Å². The molecule has 0 radical (unpaired) electrons. The van der Waals surface area contributed by atoms with E-state index in [-0.39, 0.29) is 6.79 Å². The van der Waals surface area contributed by atoms with Crippen LogP contribution in [0.15, 0.2) is 46.0 Å². The minimum atomic E-state index is 0.238. The van der Waals surface area contributed by atoms with Crippen LogP contribution in [0, 0.1) is 0 Å². The van der Waals surface area contributed by atoms with Crippen molar-refractivity contribution >= 4 is 39.3 Å². The summed E-state index contributed by atoms with van der Waals surface area (Å²) in [5, 5.41) is 10.3. The molecule has 5 nitrogen and oxygen atoms in total. The van der Waals surface area contributed by atoms with E-state index in [2.05, 4.69) is 37.6 Å². The summed E-state index contributed by atoms with van der Waals surface area (Å²) in [5.74, 6) is 2.94. The van der Waals surface area contributed by atoms with Crippen molar-refractivity contribution in [2.24, 2.45) is 0 Å². The lowest BCUT2D eigenvalue weighted by Crippen LogP contribution is -2.00. The SMILES string of the molecule is CC.CCn1c(SCc2cc3c(cc2Cl)OCO3)nnc1-c1ccccc1Br. The number of rotatable bonds is 5. The summed E-state index contributed by atoms with van der Waals surface area (Å²) in [6.45, 7) is 7.10. The summed E-state index contributed by atoms with van der Waals surface area (Å²) < 4.78 is 13.9. The molecule has 0 saturated carbocycles. The molecule has 1 aliphatic rings. The molecule has 2 heterocycles. The van der Waals surface area contributed by atoms with Gasteiger partial charge < -0.3 is 14.0 Å². The zero-order chi connectivity index (χ0) is 20.1. The summed E-state index contributed by atoms with van der Waals surface area (Å²) in [5.41, 5.74) is 2.00. The topological polar surface area (TPSA) is 49.2 Å². The molecule has 148 valence electrons. The molecule has 0 bridgehead atoms. The van der Waals surface area contributed by atoms with Gasteiger partial charge in [0.05, 0.1) is 0 Å². The molecule has 0 aliphatic carbocycles. The molecule has 0 unspecified atom stereocenters. The number of hydrogen-bond donors (Lipinski definition) is 0. The average Bonchev–Trinajstić information content (AvgIpc) is 3.34. The molecule has 0 saturated heterocycles. The first-order valence-corrected chi connectivity index (χ1v) is 11.2. The van der Waals surface area contributed by atoms with Crippen molar-refractivity contribution < 1.29 is 9.47 Å². The Bertz CT molecular complexity index is 965. The summed E-state index contributed by atoms with van der Waals surface area (Å²) in [7, 11) is 0. The molecule has 2 aromatic carbocycles. The highest BCUT2D eigenvalue weighted by atomic mass is 79.9. The quantitative estimate of drug-likeness (QED) is 0.392. The van der Waals surface area contributed by atoms with Crippen molar-refractivity contribution in [3.63, 3.8) is 0 Å². The van der Waals surface area contributed by atoms with Gasteiger partial charge in [-0.05, 0) is 24.6 Å². The van der Waals surface area contributed by atoms with Crippen LogP contribution in [-0.4, -0.2) is 21.6 Å². The molecule has 8 heteroatoms. The van der Waals surface area contributed by atoms with E-state index in [0.717, 1.165) is 38.9 Å². The summed E-state index contributed by atoms with van der Waals surface area (Å²) in [6, 6.07) is 11.7. The van der Waals surface area contributed by atoms with Crippen LogP contribution in [0.4, 0.5) is 0 Å². The van der Waals surface area contributed by atoms with Crippen molar-refractivity contribution in [2.45, 2.75) is 38.2 Å². The van der Waals surface area contributed by atoms with Crippen LogP contribution in [0.25, 0.3) is 11.4 Å². The van der Waals surface area contributed by atoms with Gasteiger partial charge in [-0.15, -0.1) is 10.2 Å². The van der Waals surface area contributed by atoms with E-state index in [9.17, 15) is 0 Å². The van der Waals surface area contributed by atoms with Gasteiger partial charge in [0.15, 0.2) is 22.5 Å². The van der Waals surface area contributed by atoms with E-state index >= 15 is 0 Å². The third-order valence-electron chi connectivity index (χ3n) is 4.05. The molecule has 1 aromatic heterocycles. The van der Waals surface area contributed by atoms with Crippen LogP contribution in [0.1, 0.15) is 26.3 Å². The molecule has 28 heavy (non-hydrogen) atoms. The summed E-state index contributed by atoms with van der Waals surface area (Å²) >= 11 is 11.6. The lowest BCUT2D eigenvalue weighted by atomic mass is 10.2. The molecule has 0 atom stereocenters. The Hall–Kier alpha value is -1.70. The predicted molar refractivity (Wildman–Crippen MR) is 117 cm³/mol. The highest BCUT2D eigenvalue weighted by molar-refractivity contribution is 9.10. The van der Waals surface area contributed by atoms with Gasteiger partial charge in [0.25, 0.3) is 0 Å². The van der Waals surface area contributed by atoms with Gasteiger partial charge >= 0.3 is 0 Å². The van der Waals surface area contributed by atoms with Crippen molar-refractivity contribution in [1.29, 1.82) is 0 Å². The smallest absolute Gasteiger partial charge is 0.231 e. The molecule has 1 aliphatic heterocycles. The second kappa shape index (κ2) is 9.67. The zero-order valence-corrected chi connectivity index (χ0v) is 19.1. The van der Waals surface area contributed by atoms with E-state index in [1.165, 1.54) is 0 Å². The first-order valence-electron chi connectivity index (χ1n) is 9.06. The lowest BCUT2D eigenvalue weighted by Gasteiger charge is -2.09. The highest BCUT2D eigenvalue weighted by Crippen LogP contribution is 2.39. The molecule has 3 aromatic rings. The Morgan fingerprint density at radius 3 is 2.57 bits per heavy atom. The van der Waals surface area contributed by atoms with Crippen LogP contribution >= 0.6 is 39.3 Å². The molecule has 0 spiro atoms. The minimum absolute atomic E-state index is 0.238. The zero-order valence-electron chi connectivity index (χ0n) is 15.9. The number of fused-ring (bicyclic) bond motifs is 1. The first-order chi connectivity index (χ1) is 13.7. The third-order valence-corrected chi connectivity index (χ3v) is 6.11. The molecule has 0 N–H and O–H groups in total. The lowest BCUT2D eigenvalue weighted by molar-refractivity contribution is 0.174. The summed E-state index contributed by atoms with van der Waals surface area (Å²) in [6.07, 6.45) is 0. The Morgan fingerprint density at radius 2 is 1.86 bits per heavy atom. The van der Waals surface area contributed by atoms with Gasteiger partial charge in [0.2, 0.25) is 6.79 Å². The molecule has 0 fully saturated rings. The van der Waals surface area contributed by atoms with Gasteiger partial charge in [0, 0.05) is 33.4 Å². The number of thioether (sulfide) groups is 1. The maximum atomic E-state index is 6.37. The van der Waals surface area contributed by atoms with Gasteiger partial charge in [-0.2, -0.15) is 0 Å². The molecular formula is C20H21BrClN3O2S. The minimum Gasteiger partial charge on any atom is -0.454 e. The van der Waals surface area contributed by atoms with Crippen LogP contribution in [0.2, 0.25) is 5.02 Å². The monoisotopic (exact) mass is 481 g/mol. The van der Waals surface area contributed by atoms with Gasteiger partial charge in [-0.3, -0.25) is 0 Å². The maximum Gasteiger partial charge on any atom is 0.231 e. The van der Waals surface area contributed by atoms with Gasteiger partial charge in [0.1, 0.15) is 0 Å². The highest BCUT2D eigenvalue weighted by Gasteiger charge is 2.19. The number of ether oxygens (including phenoxy) is 2. The Labute approximate surface area is 182 Å². The molecule has 4 rings (SSSR count). The third kappa shape index (κ3) is 4.31. The second-order valence-corrected chi connectivity index (χ2v) is 7.82. The second-order valence-electron chi connectivity index (χ2n) is 5.62. The van der Waals surface area contributed by atoms with E-state index in [1.807, 2.05) is 44.2 Å². The number of halogens is 2. The van der Waals surface area contributed by atoms with Crippen LogP contribution in [0.3, 0.4) is 0 Å². The van der Waals surface area contributed by atoms with Crippen LogP contribution in [0.5, 0.6) is 11.5 Å². The van der Waals surface area contributed by atoms with E-state index in [0.29, 0.717) is 16.5 Å².